The van der Waals surface area contributed by atoms with Gasteiger partial charge in [-0.1, -0.05) is 5.11 Å². The molecule has 8 nitrogen and oxygen atoms in total. The SMILES string of the molecule is [N-]=[N+]=NCCO[C@@H]1OC(C[18F])[C@H](O)[C@H](O)C1O. The molecule has 9 heteroatoms. The van der Waals surface area contributed by atoms with Gasteiger partial charge in [0.05, 0.1) is 6.61 Å². The van der Waals surface area contributed by atoms with Crippen LogP contribution in [0.4, 0.5) is 4.39 Å². The van der Waals surface area contributed by atoms with Crippen LogP contribution in [-0.2, 0) is 9.47 Å². The largest absolute Gasteiger partial charge is 0.387 e. The van der Waals surface area contributed by atoms with Gasteiger partial charge in [-0.25, -0.2) is 4.39 Å². The van der Waals surface area contributed by atoms with E-state index < -0.39 is 37.4 Å². The van der Waals surface area contributed by atoms with E-state index in [1.165, 1.54) is 0 Å². The van der Waals surface area contributed by atoms with E-state index in [0.29, 0.717) is 0 Å². The van der Waals surface area contributed by atoms with Crippen molar-refractivity contribution < 1.29 is 29.2 Å². The molecule has 0 spiro atoms. The van der Waals surface area contributed by atoms with Crippen molar-refractivity contribution in [2.75, 3.05) is 19.8 Å². The number of hydrogen-bond acceptors (Lipinski definition) is 6. The first-order chi connectivity index (χ1) is 8.11. The molecule has 5 atom stereocenters. The van der Waals surface area contributed by atoms with Crippen LogP contribution >= 0.6 is 0 Å². The highest BCUT2D eigenvalue weighted by atomic mass is 18.2. The second-order valence-corrected chi connectivity index (χ2v) is 3.49. The molecule has 2 unspecified atom stereocenters. The normalized spacial score (nSPS) is 37.5. The second-order valence-electron chi connectivity index (χ2n) is 3.49. The van der Waals surface area contributed by atoms with Crippen molar-refractivity contribution in [2.24, 2.45) is 5.11 Å². The van der Waals surface area contributed by atoms with Crippen LogP contribution in [0.25, 0.3) is 10.4 Å². The van der Waals surface area contributed by atoms with Crippen LogP contribution in [0.5, 0.6) is 0 Å². The van der Waals surface area contributed by atoms with Gasteiger partial charge in [-0.3, -0.25) is 0 Å². The molecule has 98 valence electrons. The summed E-state index contributed by atoms with van der Waals surface area (Å²) in [5, 5.41) is 31.4. The van der Waals surface area contributed by atoms with Gasteiger partial charge in [-0.15, -0.1) is 0 Å². The van der Waals surface area contributed by atoms with Crippen molar-refractivity contribution in [3.05, 3.63) is 10.4 Å². The number of azide groups is 1. The van der Waals surface area contributed by atoms with E-state index in [1.54, 1.807) is 0 Å². The Morgan fingerprint density at radius 1 is 1.29 bits per heavy atom. The molecule has 0 bridgehead atoms. The van der Waals surface area contributed by atoms with E-state index >= 15 is 0 Å². The van der Waals surface area contributed by atoms with Crippen LogP contribution in [-0.4, -0.2) is 65.9 Å². The molecule has 3 N–H and O–H groups in total. The van der Waals surface area contributed by atoms with Gasteiger partial charge in [0.25, 0.3) is 0 Å². The minimum atomic E-state index is -1.55. The lowest BCUT2D eigenvalue weighted by molar-refractivity contribution is -0.297. The summed E-state index contributed by atoms with van der Waals surface area (Å²) in [7, 11) is 0. The Morgan fingerprint density at radius 2 is 2.00 bits per heavy atom. The minimum absolute atomic E-state index is 0.0159. The molecular weight excluding hydrogens is 236 g/mol. The number of aliphatic hydroxyl groups is 3. The van der Waals surface area contributed by atoms with Crippen molar-refractivity contribution in [1.29, 1.82) is 0 Å². The number of halogens is 1. The number of hydrogen-bond donors (Lipinski definition) is 3. The molecule has 1 aliphatic rings. The number of ether oxygens (including phenoxy) is 2. The molecule has 0 aromatic rings. The number of alkyl halides is 1. The number of rotatable bonds is 5. The van der Waals surface area contributed by atoms with Gasteiger partial charge in [-0.2, -0.15) is 0 Å². The molecule has 1 fully saturated rings. The number of nitrogens with zero attached hydrogens (tertiary/aromatic N) is 3. The van der Waals surface area contributed by atoms with Crippen LogP contribution in [0.1, 0.15) is 0 Å². The highest BCUT2D eigenvalue weighted by Crippen LogP contribution is 2.22. The first kappa shape index (κ1) is 14.1. The molecule has 17 heavy (non-hydrogen) atoms. The van der Waals surface area contributed by atoms with Gasteiger partial charge >= 0.3 is 0 Å². The van der Waals surface area contributed by atoms with E-state index in [9.17, 15) is 19.7 Å². The van der Waals surface area contributed by atoms with Crippen LogP contribution in [0, 0.1) is 0 Å². The summed E-state index contributed by atoms with van der Waals surface area (Å²) in [5.74, 6) is 0. The fraction of sp³-hybridized carbons (Fsp3) is 1.00. The average Bonchev–Trinajstić information content (AvgIpc) is 2.34. The van der Waals surface area contributed by atoms with Crippen LogP contribution < -0.4 is 0 Å². The molecule has 1 aliphatic heterocycles. The summed E-state index contributed by atoms with van der Waals surface area (Å²) >= 11 is 0. The highest BCUT2D eigenvalue weighted by Gasteiger charge is 2.44. The predicted octanol–water partition coefficient (Wildman–Crippen LogP) is -0.910. The third kappa shape index (κ3) is 3.50. The zero-order valence-corrected chi connectivity index (χ0v) is 8.89. The van der Waals surface area contributed by atoms with E-state index in [4.69, 9.17) is 15.0 Å². The standard InChI is InChI=1S/C8H14FN3O5/c9-3-4-5(13)6(14)7(15)8(17-4)16-2-1-11-12-10/h4-8,13-15H,1-3H2/t4?,5-,6-,7?,8+/m0/s1/i9-1. The first-order valence-corrected chi connectivity index (χ1v) is 5.00. The first-order valence-electron chi connectivity index (χ1n) is 5.00. The maximum Gasteiger partial charge on any atom is 0.186 e. The predicted molar refractivity (Wildman–Crippen MR) is 52.6 cm³/mol. The Bertz CT molecular complexity index is 286. The van der Waals surface area contributed by atoms with Gasteiger partial charge < -0.3 is 24.8 Å². The van der Waals surface area contributed by atoms with E-state index in [0.717, 1.165) is 0 Å². The third-order valence-corrected chi connectivity index (χ3v) is 2.36. The van der Waals surface area contributed by atoms with Gasteiger partial charge in [0.2, 0.25) is 0 Å². The summed E-state index contributed by atoms with van der Waals surface area (Å²) in [6.45, 7) is -1.04. The van der Waals surface area contributed by atoms with Crippen molar-refractivity contribution >= 4 is 0 Å². The van der Waals surface area contributed by atoms with Crippen LogP contribution in [0.3, 0.4) is 0 Å². The molecule has 0 aliphatic carbocycles. The molecule has 1 rings (SSSR count). The Kier molecular flexibility index (Phi) is 5.56. The minimum Gasteiger partial charge on any atom is -0.387 e. The topological polar surface area (TPSA) is 128 Å². The van der Waals surface area contributed by atoms with Gasteiger partial charge in [0.15, 0.2) is 6.29 Å². The summed E-state index contributed by atoms with van der Waals surface area (Å²) in [5.41, 5.74) is 8.01. The lowest BCUT2D eigenvalue weighted by atomic mass is 10.00. The fourth-order valence-corrected chi connectivity index (χ4v) is 1.44. The quantitative estimate of drug-likeness (QED) is 0.252. The molecule has 1 saturated heterocycles. The molecule has 0 radical (unpaired) electrons. The molecular formula is C8H14FN3O5. The lowest BCUT2D eigenvalue weighted by Crippen LogP contribution is -2.58. The second kappa shape index (κ2) is 6.70. The van der Waals surface area contributed by atoms with Crippen molar-refractivity contribution in [3.8, 4) is 0 Å². The lowest BCUT2D eigenvalue weighted by Gasteiger charge is -2.39. The van der Waals surface area contributed by atoms with E-state index in [2.05, 4.69) is 10.0 Å². The zero-order chi connectivity index (χ0) is 12.8. The maximum atomic E-state index is 12.4. The van der Waals surface area contributed by atoms with Gasteiger partial charge in [0, 0.05) is 11.5 Å². The van der Waals surface area contributed by atoms with Crippen molar-refractivity contribution in [1.82, 2.24) is 0 Å². The Morgan fingerprint density at radius 3 is 2.59 bits per heavy atom. The average molecular weight is 250 g/mol. The monoisotopic (exact) mass is 250 g/mol. The van der Waals surface area contributed by atoms with Gasteiger partial charge in [0.1, 0.15) is 31.1 Å². The van der Waals surface area contributed by atoms with Crippen molar-refractivity contribution in [2.45, 2.75) is 30.7 Å². The van der Waals surface area contributed by atoms with Crippen LogP contribution in [0.15, 0.2) is 5.11 Å². The summed E-state index contributed by atoms with van der Waals surface area (Å²) in [6.07, 6.45) is -7.05. The van der Waals surface area contributed by atoms with E-state index in [-0.39, 0.29) is 13.2 Å². The smallest absolute Gasteiger partial charge is 0.186 e. The Labute approximate surface area is 96.2 Å². The maximum absolute atomic E-state index is 12.4. The molecule has 0 aromatic carbocycles. The van der Waals surface area contributed by atoms with E-state index in [1.807, 2.05) is 0 Å². The summed E-state index contributed by atoms with van der Waals surface area (Å²) in [4.78, 5) is 2.49. The third-order valence-electron chi connectivity index (χ3n) is 2.36. The Hall–Kier alpha value is -0.960. The molecule has 0 saturated carbocycles. The fourth-order valence-electron chi connectivity index (χ4n) is 1.44. The number of aliphatic hydroxyl groups excluding tert-OH is 3. The summed E-state index contributed by atoms with van der Waals surface area (Å²) < 4.78 is 22.3. The molecule has 1 heterocycles. The van der Waals surface area contributed by atoms with Crippen molar-refractivity contribution in [3.63, 3.8) is 0 Å². The molecule has 0 aromatic heterocycles. The van der Waals surface area contributed by atoms with Gasteiger partial charge in [-0.05, 0) is 5.53 Å². The Balaban J connectivity index is 2.50. The zero-order valence-electron chi connectivity index (χ0n) is 8.89. The highest BCUT2D eigenvalue weighted by molar-refractivity contribution is 4.88. The van der Waals surface area contributed by atoms with Crippen LogP contribution in [0.2, 0.25) is 0 Å². The summed E-state index contributed by atoms with van der Waals surface area (Å²) in [6, 6.07) is 0. The molecule has 0 amide bonds.